The molecule has 16 heavy (non-hydrogen) atoms. The number of hydrogen-bond acceptors (Lipinski definition) is 5. The number of aliphatic hydroxyl groups excluding tert-OH is 2. The quantitative estimate of drug-likeness (QED) is 0.524. The molecule has 0 unspecified atom stereocenters. The highest BCUT2D eigenvalue weighted by atomic mass is 16.5. The molecule has 1 aromatic rings. The van der Waals surface area contributed by atoms with Crippen molar-refractivity contribution in [2.75, 3.05) is 12.3 Å². The summed E-state index contributed by atoms with van der Waals surface area (Å²) in [6.07, 6.45) is -1.55. The highest BCUT2D eigenvalue weighted by Gasteiger charge is 2.35. The van der Waals surface area contributed by atoms with Gasteiger partial charge >= 0.3 is 0 Å². The van der Waals surface area contributed by atoms with Crippen LogP contribution < -0.4 is 11.3 Å². The first-order chi connectivity index (χ1) is 7.61. The topological polar surface area (TPSA) is 109 Å². The van der Waals surface area contributed by atoms with Crippen molar-refractivity contribution < 1.29 is 14.9 Å². The second-order valence-corrected chi connectivity index (χ2v) is 3.85. The molecule has 0 spiro atoms. The van der Waals surface area contributed by atoms with E-state index in [4.69, 9.17) is 15.6 Å². The molecule has 6 heteroatoms. The van der Waals surface area contributed by atoms with E-state index >= 15 is 0 Å². The number of aromatic nitrogens is 1. The van der Waals surface area contributed by atoms with Gasteiger partial charge in [0.15, 0.2) is 0 Å². The van der Waals surface area contributed by atoms with Crippen LogP contribution in [0.3, 0.4) is 0 Å². The lowest BCUT2D eigenvalue weighted by molar-refractivity contribution is -0.0228. The fourth-order valence-corrected chi connectivity index (χ4v) is 1.85. The van der Waals surface area contributed by atoms with Crippen molar-refractivity contribution in [3.63, 3.8) is 0 Å². The second kappa shape index (κ2) is 4.25. The van der Waals surface area contributed by atoms with E-state index < -0.39 is 18.3 Å². The zero-order valence-electron chi connectivity index (χ0n) is 8.59. The third-order valence-electron chi connectivity index (χ3n) is 2.71. The summed E-state index contributed by atoms with van der Waals surface area (Å²) >= 11 is 0. The van der Waals surface area contributed by atoms with Crippen molar-refractivity contribution in [2.45, 2.75) is 24.7 Å². The van der Waals surface area contributed by atoms with Crippen LogP contribution in [0.15, 0.2) is 16.9 Å². The monoisotopic (exact) mass is 226 g/mol. The van der Waals surface area contributed by atoms with E-state index in [2.05, 4.69) is 4.98 Å². The van der Waals surface area contributed by atoms with E-state index in [1.165, 1.54) is 0 Å². The summed E-state index contributed by atoms with van der Waals surface area (Å²) in [5.74, 6) is 0.283. The molecule has 1 aliphatic heterocycles. The smallest absolute Gasteiger partial charge is 0.255 e. The number of anilines is 1. The molecule has 88 valence electrons. The van der Waals surface area contributed by atoms with Gasteiger partial charge in [-0.2, -0.15) is 0 Å². The van der Waals surface area contributed by atoms with E-state index in [9.17, 15) is 9.90 Å². The molecular weight excluding hydrogens is 212 g/mol. The summed E-state index contributed by atoms with van der Waals surface area (Å²) in [5.41, 5.74) is 5.52. The molecule has 0 saturated carbocycles. The van der Waals surface area contributed by atoms with Gasteiger partial charge in [0, 0.05) is 12.0 Å². The first-order valence-electron chi connectivity index (χ1n) is 5.05. The third kappa shape index (κ3) is 1.95. The Morgan fingerprint density at radius 1 is 1.56 bits per heavy atom. The molecule has 0 bridgehead atoms. The molecule has 5 N–H and O–H groups in total. The van der Waals surface area contributed by atoms with Gasteiger partial charge in [-0.3, -0.25) is 4.79 Å². The highest BCUT2D eigenvalue weighted by Crippen LogP contribution is 2.31. The number of nitrogen functional groups attached to an aromatic ring is 1. The number of aromatic amines is 1. The summed E-state index contributed by atoms with van der Waals surface area (Å²) in [6.45, 7) is -0.259. The molecule has 1 saturated heterocycles. The number of rotatable bonds is 2. The number of ether oxygens (including phenoxy) is 1. The molecule has 3 atom stereocenters. The molecule has 1 aliphatic rings. The van der Waals surface area contributed by atoms with E-state index in [-0.39, 0.29) is 18.0 Å². The molecule has 0 amide bonds. The van der Waals surface area contributed by atoms with Crippen LogP contribution in [-0.4, -0.2) is 34.0 Å². The fourth-order valence-electron chi connectivity index (χ4n) is 1.85. The van der Waals surface area contributed by atoms with Crippen LogP contribution in [0.25, 0.3) is 0 Å². The SMILES string of the molecule is Nc1ccc([C@H]2C[C@H](O)[C@@H](CO)O2)c(=O)[nH]1. The summed E-state index contributed by atoms with van der Waals surface area (Å²) in [7, 11) is 0. The van der Waals surface area contributed by atoms with Gasteiger partial charge in [0.2, 0.25) is 0 Å². The van der Waals surface area contributed by atoms with Gasteiger partial charge in [0.05, 0.1) is 18.8 Å². The molecule has 2 heterocycles. The molecule has 0 radical (unpaired) electrons. The average Bonchev–Trinajstić information content (AvgIpc) is 2.59. The Kier molecular flexibility index (Phi) is 2.95. The minimum atomic E-state index is -0.744. The van der Waals surface area contributed by atoms with Gasteiger partial charge in [-0.05, 0) is 12.1 Å². The zero-order chi connectivity index (χ0) is 11.7. The van der Waals surface area contributed by atoms with E-state index in [0.717, 1.165) is 0 Å². The van der Waals surface area contributed by atoms with Gasteiger partial charge in [-0.25, -0.2) is 0 Å². The maximum Gasteiger partial charge on any atom is 0.255 e. The number of aliphatic hydroxyl groups is 2. The summed E-state index contributed by atoms with van der Waals surface area (Å²) < 4.78 is 5.37. The van der Waals surface area contributed by atoms with Crippen LogP contribution in [0.2, 0.25) is 0 Å². The Morgan fingerprint density at radius 2 is 2.31 bits per heavy atom. The lowest BCUT2D eigenvalue weighted by Crippen LogP contribution is -2.24. The number of nitrogens with one attached hydrogen (secondary N) is 1. The van der Waals surface area contributed by atoms with Gasteiger partial charge < -0.3 is 25.7 Å². The minimum Gasteiger partial charge on any atom is -0.394 e. The molecule has 2 rings (SSSR count). The van der Waals surface area contributed by atoms with Crippen LogP contribution in [-0.2, 0) is 4.74 Å². The van der Waals surface area contributed by atoms with Crippen LogP contribution in [0, 0.1) is 0 Å². The highest BCUT2D eigenvalue weighted by molar-refractivity contribution is 5.30. The van der Waals surface area contributed by atoms with E-state index in [1.54, 1.807) is 12.1 Å². The molecule has 1 aromatic heterocycles. The predicted molar refractivity (Wildman–Crippen MR) is 56.8 cm³/mol. The molecule has 1 fully saturated rings. The number of nitrogens with two attached hydrogens (primary N) is 1. The van der Waals surface area contributed by atoms with Gasteiger partial charge in [0.1, 0.15) is 11.9 Å². The first kappa shape index (κ1) is 11.1. The summed E-state index contributed by atoms with van der Waals surface area (Å²) in [4.78, 5) is 14.0. The lowest BCUT2D eigenvalue weighted by Gasteiger charge is -2.11. The number of pyridine rings is 1. The number of H-pyrrole nitrogens is 1. The van der Waals surface area contributed by atoms with Crippen molar-refractivity contribution >= 4 is 5.82 Å². The Bertz CT molecular complexity index is 431. The first-order valence-corrected chi connectivity index (χ1v) is 5.05. The Hall–Kier alpha value is -1.37. The largest absolute Gasteiger partial charge is 0.394 e. The maximum atomic E-state index is 11.6. The molecule has 0 aromatic carbocycles. The minimum absolute atomic E-state index is 0.259. The van der Waals surface area contributed by atoms with Crippen molar-refractivity contribution in [3.8, 4) is 0 Å². The van der Waals surface area contributed by atoms with Crippen LogP contribution in [0.4, 0.5) is 5.82 Å². The van der Waals surface area contributed by atoms with Crippen molar-refractivity contribution in [2.24, 2.45) is 0 Å². The summed E-state index contributed by atoms with van der Waals surface area (Å²) in [6, 6.07) is 3.14. The van der Waals surface area contributed by atoms with Crippen LogP contribution in [0.1, 0.15) is 18.1 Å². The van der Waals surface area contributed by atoms with Gasteiger partial charge in [-0.1, -0.05) is 0 Å². The third-order valence-corrected chi connectivity index (χ3v) is 2.71. The number of hydrogen-bond donors (Lipinski definition) is 4. The molecule has 6 nitrogen and oxygen atoms in total. The predicted octanol–water partition coefficient (Wildman–Crippen LogP) is -0.860. The van der Waals surface area contributed by atoms with Crippen LogP contribution in [0.5, 0.6) is 0 Å². The van der Waals surface area contributed by atoms with Gasteiger partial charge in [-0.15, -0.1) is 0 Å². The Labute approximate surface area is 91.7 Å². The average molecular weight is 226 g/mol. The Balaban J connectivity index is 2.23. The van der Waals surface area contributed by atoms with Crippen molar-refractivity contribution in [1.29, 1.82) is 0 Å². The van der Waals surface area contributed by atoms with Crippen molar-refractivity contribution in [3.05, 3.63) is 28.0 Å². The summed E-state index contributed by atoms with van der Waals surface area (Å²) in [5, 5.41) is 18.5. The normalized spacial score (nSPS) is 29.5. The second-order valence-electron chi connectivity index (χ2n) is 3.85. The molecular formula is C10H14N2O4. The zero-order valence-corrected chi connectivity index (χ0v) is 8.59. The van der Waals surface area contributed by atoms with E-state index in [0.29, 0.717) is 12.0 Å². The van der Waals surface area contributed by atoms with E-state index in [1.807, 2.05) is 0 Å². The van der Waals surface area contributed by atoms with Gasteiger partial charge in [0.25, 0.3) is 5.56 Å². The molecule has 0 aliphatic carbocycles. The fraction of sp³-hybridized carbons (Fsp3) is 0.500. The Morgan fingerprint density at radius 3 is 2.88 bits per heavy atom. The van der Waals surface area contributed by atoms with Crippen LogP contribution >= 0.6 is 0 Å². The lowest BCUT2D eigenvalue weighted by atomic mass is 10.1. The maximum absolute atomic E-state index is 11.6. The van der Waals surface area contributed by atoms with Crippen molar-refractivity contribution in [1.82, 2.24) is 4.98 Å². The standard InChI is InChI=1S/C10H14N2O4/c11-9-2-1-5(10(15)12-9)7-3-6(14)8(4-13)16-7/h1-2,6-8,13-14H,3-4H2,(H3,11,12,15)/t6-,7+,8+/m0/s1.